The number of aryl methyl sites for hydroxylation is 1. The van der Waals surface area contributed by atoms with E-state index < -0.39 is 21.0 Å². The maximum Gasteiger partial charge on any atom is 0.238 e. The van der Waals surface area contributed by atoms with Crippen molar-refractivity contribution in [3.63, 3.8) is 0 Å². The zero-order valence-electron chi connectivity index (χ0n) is 12.3. The third kappa shape index (κ3) is 3.50. The van der Waals surface area contributed by atoms with Crippen molar-refractivity contribution in [1.29, 1.82) is 0 Å². The van der Waals surface area contributed by atoms with Gasteiger partial charge in [-0.3, -0.25) is 4.79 Å². The number of carbonyl (C=O) groups is 1. The fraction of sp³-hybridized carbons (Fsp3) is 0.500. The van der Waals surface area contributed by atoms with Crippen molar-refractivity contribution in [3.8, 4) is 0 Å². The van der Waals surface area contributed by atoms with Gasteiger partial charge in [0.05, 0.1) is 10.6 Å². The van der Waals surface area contributed by atoms with E-state index >= 15 is 0 Å². The zero-order valence-corrected chi connectivity index (χ0v) is 13.1. The number of hydrogen-bond donors (Lipinski definition) is 2. The van der Waals surface area contributed by atoms with Gasteiger partial charge in [0.1, 0.15) is 5.25 Å². The minimum atomic E-state index is -3.78. The van der Waals surface area contributed by atoms with Crippen molar-refractivity contribution >= 4 is 21.4 Å². The van der Waals surface area contributed by atoms with Gasteiger partial charge in [-0.2, -0.15) is 0 Å². The first-order chi connectivity index (χ1) is 9.17. The lowest BCUT2D eigenvalue weighted by Gasteiger charge is -2.16. The number of amides is 1. The summed E-state index contributed by atoms with van der Waals surface area (Å²) in [5.74, 6) is -0.238. The number of benzene rings is 1. The summed E-state index contributed by atoms with van der Waals surface area (Å²) in [4.78, 5) is 12.0. The third-order valence-corrected chi connectivity index (χ3v) is 5.22. The summed E-state index contributed by atoms with van der Waals surface area (Å²) in [5, 5.41) is 1.47. The van der Waals surface area contributed by atoms with Crippen LogP contribution in [-0.4, -0.2) is 26.1 Å². The van der Waals surface area contributed by atoms with Gasteiger partial charge in [0.2, 0.25) is 5.91 Å². The average molecular weight is 298 g/mol. The molecular formula is C14H22N2O3S. The highest BCUT2D eigenvalue weighted by Crippen LogP contribution is 2.25. The van der Waals surface area contributed by atoms with Crippen LogP contribution in [0, 0.1) is 12.8 Å². The molecule has 0 saturated heterocycles. The molecule has 0 aromatic heterocycles. The van der Waals surface area contributed by atoms with Crippen LogP contribution in [-0.2, 0) is 14.6 Å². The smallest absolute Gasteiger partial charge is 0.238 e. The van der Waals surface area contributed by atoms with Crippen LogP contribution < -0.4 is 11.1 Å². The third-order valence-electron chi connectivity index (χ3n) is 3.11. The SMILES string of the molecule is Cc1cccc(S(=O)(=O)C(C)C(=O)NCC(C)C)c1N. The Morgan fingerprint density at radius 3 is 2.45 bits per heavy atom. The van der Waals surface area contributed by atoms with Crippen molar-refractivity contribution in [2.75, 3.05) is 12.3 Å². The normalized spacial score (nSPS) is 13.2. The maximum atomic E-state index is 12.5. The van der Waals surface area contributed by atoms with Crippen LogP contribution in [0.3, 0.4) is 0 Å². The number of nitrogens with one attached hydrogen (secondary N) is 1. The lowest BCUT2D eigenvalue weighted by molar-refractivity contribution is -0.120. The first-order valence-corrected chi connectivity index (χ1v) is 8.09. The second-order valence-electron chi connectivity index (χ2n) is 5.31. The van der Waals surface area contributed by atoms with E-state index in [1.54, 1.807) is 19.1 Å². The molecule has 0 spiro atoms. The van der Waals surface area contributed by atoms with Crippen molar-refractivity contribution < 1.29 is 13.2 Å². The number of rotatable bonds is 5. The molecule has 1 rings (SSSR count). The number of sulfone groups is 1. The summed E-state index contributed by atoms with van der Waals surface area (Å²) in [6.45, 7) is 7.45. The average Bonchev–Trinajstić information content (AvgIpc) is 2.37. The lowest BCUT2D eigenvalue weighted by atomic mass is 10.2. The van der Waals surface area contributed by atoms with E-state index in [0.717, 1.165) is 0 Å². The van der Waals surface area contributed by atoms with Crippen LogP contribution in [0.2, 0.25) is 0 Å². The number of para-hydroxylation sites is 1. The van der Waals surface area contributed by atoms with Crippen molar-refractivity contribution in [3.05, 3.63) is 23.8 Å². The summed E-state index contributed by atoms with van der Waals surface area (Å²) in [6, 6.07) is 4.79. The molecule has 5 nitrogen and oxygen atoms in total. The van der Waals surface area contributed by atoms with E-state index in [9.17, 15) is 13.2 Å². The summed E-state index contributed by atoms with van der Waals surface area (Å²) in [6.07, 6.45) is 0. The minimum absolute atomic E-state index is 0.0182. The fourth-order valence-corrected chi connectivity index (χ4v) is 3.16. The molecule has 1 atom stereocenters. The number of hydrogen-bond acceptors (Lipinski definition) is 4. The Morgan fingerprint density at radius 2 is 1.90 bits per heavy atom. The van der Waals surface area contributed by atoms with Gasteiger partial charge in [0.15, 0.2) is 9.84 Å². The highest BCUT2D eigenvalue weighted by atomic mass is 32.2. The largest absolute Gasteiger partial charge is 0.397 e. The van der Waals surface area contributed by atoms with Crippen molar-refractivity contribution in [2.45, 2.75) is 37.8 Å². The Bertz CT molecular complexity index is 594. The quantitative estimate of drug-likeness (QED) is 0.806. The second-order valence-corrected chi connectivity index (χ2v) is 7.55. The van der Waals surface area contributed by atoms with E-state index in [-0.39, 0.29) is 16.5 Å². The van der Waals surface area contributed by atoms with Crippen LogP contribution in [0.25, 0.3) is 0 Å². The molecule has 0 aliphatic carbocycles. The van der Waals surface area contributed by atoms with Gasteiger partial charge in [-0.05, 0) is 31.4 Å². The number of nitrogens with two attached hydrogens (primary N) is 1. The molecule has 6 heteroatoms. The predicted molar refractivity (Wildman–Crippen MR) is 80.1 cm³/mol. The summed E-state index contributed by atoms with van der Waals surface area (Å²) in [7, 11) is -3.78. The molecule has 0 radical (unpaired) electrons. The first kappa shape index (κ1) is 16.5. The van der Waals surface area contributed by atoms with Crippen molar-refractivity contribution in [1.82, 2.24) is 5.32 Å². The monoisotopic (exact) mass is 298 g/mol. The topological polar surface area (TPSA) is 89.3 Å². The lowest BCUT2D eigenvalue weighted by Crippen LogP contribution is -2.39. The molecule has 1 amide bonds. The van der Waals surface area contributed by atoms with E-state index in [1.807, 2.05) is 13.8 Å². The Kier molecular flexibility index (Phi) is 5.16. The highest BCUT2D eigenvalue weighted by molar-refractivity contribution is 7.93. The Morgan fingerprint density at radius 1 is 1.30 bits per heavy atom. The number of nitrogen functional groups attached to an aromatic ring is 1. The summed E-state index contributed by atoms with van der Waals surface area (Å²) >= 11 is 0. The molecule has 20 heavy (non-hydrogen) atoms. The second kappa shape index (κ2) is 6.26. The molecule has 0 fully saturated rings. The minimum Gasteiger partial charge on any atom is -0.397 e. The summed E-state index contributed by atoms with van der Waals surface area (Å²) < 4.78 is 24.9. The molecule has 0 aliphatic heterocycles. The van der Waals surface area contributed by atoms with E-state index in [1.165, 1.54) is 13.0 Å². The Balaban J connectivity index is 3.04. The van der Waals surface area contributed by atoms with Gasteiger partial charge in [-0.15, -0.1) is 0 Å². The zero-order chi connectivity index (χ0) is 15.5. The van der Waals surface area contributed by atoms with Gasteiger partial charge in [-0.1, -0.05) is 26.0 Å². The van der Waals surface area contributed by atoms with Gasteiger partial charge >= 0.3 is 0 Å². The molecule has 1 unspecified atom stereocenters. The first-order valence-electron chi connectivity index (χ1n) is 6.54. The van der Waals surface area contributed by atoms with Crippen LogP contribution in [0.4, 0.5) is 5.69 Å². The fourth-order valence-electron chi connectivity index (χ4n) is 1.68. The standard InChI is InChI=1S/C14H22N2O3S/c1-9(2)8-16-14(17)11(4)20(18,19)12-7-5-6-10(3)13(12)15/h5-7,9,11H,8,15H2,1-4H3,(H,16,17). The van der Waals surface area contributed by atoms with Gasteiger partial charge in [-0.25, -0.2) is 8.42 Å². The molecule has 1 aromatic carbocycles. The Labute approximate surface area is 120 Å². The van der Waals surface area contributed by atoms with Gasteiger partial charge < -0.3 is 11.1 Å². The molecule has 1 aromatic rings. The van der Waals surface area contributed by atoms with Crippen molar-refractivity contribution in [2.24, 2.45) is 5.92 Å². The predicted octanol–water partition coefficient (Wildman–Crippen LogP) is 1.51. The molecule has 3 N–H and O–H groups in total. The molecule has 0 saturated carbocycles. The highest BCUT2D eigenvalue weighted by Gasteiger charge is 2.31. The maximum absolute atomic E-state index is 12.5. The van der Waals surface area contributed by atoms with Crippen LogP contribution in [0.15, 0.2) is 23.1 Å². The number of carbonyl (C=O) groups excluding carboxylic acids is 1. The Hall–Kier alpha value is -1.56. The van der Waals surface area contributed by atoms with Crippen LogP contribution in [0.1, 0.15) is 26.3 Å². The summed E-state index contributed by atoms with van der Waals surface area (Å²) in [5.41, 5.74) is 6.70. The van der Waals surface area contributed by atoms with E-state index in [4.69, 9.17) is 5.73 Å². The molecule has 0 heterocycles. The number of anilines is 1. The van der Waals surface area contributed by atoms with E-state index in [0.29, 0.717) is 12.1 Å². The molecular weight excluding hydrogens is 276 g/mol. The molecule has 0 aliphatic rings. The van der Waals surface area contributed by atoms with E-state index in [2.05, 4.69) is 5.32 Å². The van der Waals surface area contributed by atoms with Crippen LogP contribution in [0.5, 0.6) is 0 Å². The van der Waals surface area contributed by atoms with Gasteiger partial charge in [0, 0.05) is 6.54 Å². The molecule has 0 bridgehead atoms. The van der Waals surface area contributed by atoms with Gasteiger partial charge in [0.25, 0.3) is 0 Å². The van der Waals surface area contributed by atoms with Crippen LogP contribution >= 0.6 is 0 Å². The molecule has 112 valence electrons.